The van der Waals surface area contributed by atoms with Gasteiger partial charge < -0.3 is 4.74 Å². The van der Waals surface area contributed by atoms with Crippen molar-refractivity contribution >= 4 is 34.1 Å². The molecule has 1 N–H and O–H groups in total. The van der Waals surface area contributed by atoms with Gasteiger partial charge in [0, 0.05) is 0 Å². The van der Waals surface area contributed by atoms with E-state index in [9.17, 15) is 4.79 Å². The maximum absolute atomic E-state index is 12.3. The van der Waals surface area contributed by atoms with Crippen LogP contribution in [0.5, 0.6) is 5.75 Å². The summed E-state index contributed by atoms with van der Waals surface area (Å²) in [5.41, 5.74) is 2.19. The van der Waals surface area contributed by atoms with Gasteiger partial charge in [0.15, 0.2) is 10.4 Å². The van der Waals surface area contributed by atoms with Crippen LogP contribution in [0, 0.1) is 13.8 Å². The molecule has 7 heteroatoms. The molecule has 0 aliphatic carbocycles. The second-order valence-corrected chi connectivity index (χ2v) is 6.88. The predicted octanol–water partition coefficient (Wildman–Crippen LogP) is 3.67. The number of aromatic nitrogens is 2. The third-order valence-corrected chi connectivity index (χ3v) is 4.89. The average molecular weight is 337 g/mol. The van der Waals surface area contributed by atoms with Gasteiger partial charge in [-0.05, 0) is 38.2 Å². The Morgan fingerprint density at radius 1 is 1.41 bits per heavy atom. The first-order chi connectivity index (χ1) is 10.5. The number of nitrogens with one attached hydrogen (secondary N) is 1. The standard InChI is InChI=1S/C15H19N3O2S2/c1-5-11(20-12-7-6-9(2)8-10(12)3)13(19)16-14-17-18-15(21-4)22-14/h6-8,11H,5H2,1-4H3,(H,16,17,19)/t11-/m1/s1. The number of rotatable bonds is 6. The van der Waals surface area contributed by atoms with Crippen LogP contribution in [0.15, 0.2) is 22.5 Å². The zero-order valence-electron chi connectivity index (χ0n) is 13.0. The van der Waals surface area contributed by atoms with Gasteiger partial charge in [0.1, 0.15) is 5.75 Å². The highest BCUT2D eigenvalue weighted by atomic mass is 32.2. The summed E-state index contributed by atoms with van der Waals surface area (Å²) in [6.07, 6.45) is 1.94. The number of benzene rings is 1. The van der Waals surface area contributed by atoms with Crippen LogP contribution in [-0.4, -0.2) is 28.5 Å². The van der Waals surface area contributed by atoms with Gasteiger partial charge in [-0.2, -0.15) is 0 Å². The van der Waals surface area contributed by atoms with Gasteiger partial charge in [-0.1, -0.05) is 47.7 Å². The van der Waals surface area contributed by atoms with E-state index in [0.29, 0.717) is 11.6 Å². The molecule has 22 heavy (non-hydrogen) atoms. The summed E-state index contributed by atoms with van der Waals surface area (Å²) < 4.78 is 6.67. The van der Waals surface area contributed by atoms with Crippen LogP contribution >= 0.6 is 23.1 Å². The first-order valence-corrected chi connectivity index (χ1v) is 9.00. The van der Waals surface area contributed by atoms with E-state index < -0.39 is 6.10 Å². The van der Waals surface area contributed by atoms with Gasteiger partial charge in [0.2, 0.25) is 5.13 Å². The molecular formula is C15H19N3O2S2. The van der Waals surface area contributed by atoms with Crippen LogP contribution in [0.1, 0.15) is 24.5 Å². The highest BCUT2D eigenvalue weighted by Gasteiger charge is 2.20. The molecule has 5 nitrogen and oxygen atoms in total. The zero-order chi connectivity index (χ0) is 16.1. The fourth-order valence-electron chi connectivity index (χ4n) is 1.94. The van der Waals surface area contributed by atoms with Crippen LogP contribution in [0.4, 0.5) is 5.13 Å². The van der Waals surface area contributed by atoms with Crippen molar-refractivity contribution in [3.05, 3.63) is 29.3 Å². The van der Waals surface area contributed by atoms with Gasteiger partial charge in [0.05, 0.1) is 0 Å². The molecule has 1 aromatic heterocycles. The summed E-state index contributed by atoms with van der Waals surface area (Å²) in [4.78, 5) is 12.3. The lowest BCUT2D eigenvalue weighted by molar-refractivity contribution is -0.122. The Morgan fingerprint density at radius 2 is 2.18 bits per heavy atom. The normalized spacial score (nSPS) is 12.0. The Balaban J connectivity index is 2.05. The molecule has 0 unspecified atom stereocenters. The zero-order valence-corrected chi connectivity index (χ0v) is 14.7. The second-order valence-electron chi connectivity index (χ2n) is 4.85. The first-order valence-electron chi connectivity index (χ1n) is 6.95. The maximum atomic E-state index is 12.3. The SMILES string of the molecule is CC[C@@H](Oc1ccc(C)cc1C)C(=O)Nc1nnc(SC)s1. The molecule has 1 atom stereocenters. The molecule has 2 aromatic rings. The van der Waals surface area contributed by atoms with E-state index in [-0.39, 0.29) is 5.91 Å². The lowest BCUT2D eigenvalue weighted by Crippen LogP contribution is -2.32. The van der Waals surface area contributed by atoms with Gasteiger partial charge in [-0.15, -0.1) is 10.2 Å². The van der Waals surface area contributed by atoms with Crippen LogP contribution in [0.2, 0.25) is 0 Å². The van der Waals surface area contributed by atoms with Crippen molar-refractivity contribution in [3.8, 4) is 5.75 Å². The summed E-state index contributed by atoms with van der Waals surface area (Å²) in [7, 11) is 0. The number of ether oxygens (including phenoxy) is 1. The fraction of sp³-hybridized carbons (Fsp3) is 0.400. The minimum atomic E-state index is -0.553. The monoisotopic (exact) mass is 337 g/mol. The fourth-order valence-corrected chi connectivity index (χ4v) is 3.11. The highest BCUT2D eigenvalue weighted by Crippen LogP contribution is 2.24. The lowest BCUT2D eigenvalue weighted by atomic mass is 10.1. The maximum Gasteiger partial charge on any atom is 0.267 e. The molecule has 118 valence electrons. The second kappa shape index (κ2) is 7.60. The smallest absolute Gasteiger partial charge is 0.267 e. The Morgan fingerprint density at radius 3 is 2.77 bits per heavy atom. The summed E-state index contributed by atoms with van der Waals surface area (Å²) in [5.74, 6) is 0.529. The molecule has 0 radical (unpaired) electrons. The number of carbonyl (C=O) groups is 1. The minimum Gasteiger partial charge on any atom is -0.480 e. The average Bonchev–Trinajstić information content (AvgIpc) is 2.94. The Bertz CT molecular complexity index is 658. The number of aryl methyl sites for hydroxylation is 2. The van der Waals surface area contributed by atoms with Gasteiger partial charge in [-0.3, -0.25) is 10.1 Å². The highest BCUT2D eigenvalue weighted by molar-refractivity contribution is 8.00. The minimum absolute atomic E-state index is 0.203. The summed E-state index contributed by atoms with van der Waals surface area (Å²) >= 11 is 2.85. The van der Waals surface area contributed by atoms with Gasteiger partial charge >= 0.3 is 0 Å². The molecule has 0 fully saturated rings. The van der Waals surface area contributed by atoms with Crippen molar-refractivity contribution in [2.45, 2.75) is 37.6 Å². The molecule has 1 heterocycles. The summed E-state index contributed by atoms with van der Waals surface area (Å²) in [6, 6.07) is 5.91. The topological polar surface area (TPSA) is 64.1 Å². The quantitative estimate of drug-likeness (QED) is 0.643. The molecular weight excluding hydrogens is 318 g/mol. The molecule has 0 saturated heterocycles. The number of anilines is 1. The Labute approximate surface area is 138 Å². The van der Waals surface area contributed by atoms with E-state index in [1.165, 1.54) is 28.7 Å². The lowest BCUT2D eigenvalue weighted by Gasteiger charge is -2.18. The number of nitrogens with zero attached hydrogens (tertiary/aromatic N) is 2. The van der Waals surface area contributed by atoms with E-state index >= 15 is 0 Å². The van der Waals surface area contributed by atoms with Crippen molar-refractivity contribution < 1.29 is 9.53 Å². The molecule has 0 bridgehead atoms. The van der Waals surface area contributed by atoms with Gasteiger partial charge in [-0.25, -0.2) is 0 Å². The number of hydrogen-bond donors (Lipinski definition) is 1. The molecule has 1 aromatic carbocycles. The van der Waals surface area contributed by atoms with Crippen LogP contribution in [-0.2, 0) is 4.79 Å². The van der Waals surface area contributed by atoms with E-state index in [1.54, 1.807) is 0 Å². The number of amides is 1. The Hall–Kier alpha value is -1.60. The summed E-state index contributed by atoms with van der Waals surface area (Å²) in [5, 5.41) is 11.2. The third-order valence-electron chi connectivity index (χ3n) is 3.07. The third kappa shape index (κ3) is 4.20. The van der Waals surface area contributed by atoms with Crippen LogP contribution in [0.25, 0.3) is 0 Å². The molecule has 0 saturated carbocycles. The van der Waals surface area contributed by atoms with Gasteiger partial charge in [0.25, 0.3) is 5.91 Å². The van der Waals surface area contributed by atoms with Crippen molar-refractivity contribution in [2.75, 3.05) is 11.6 Å². The molecule has 0 aliphatic heterocycles. The van der Waals surface area contributed by atoms with E-state index in [4.69, 9.17) is 4.74 Å². The van der Waals surface area contributed by atoms with E-state index in [0.717, 1.165) is 15.7 Å². The number of thioether (sulfide) groups is 1. The van der Waals surface area contributed by atoms with Crippen LogP contribution in [0.3, 0.4) is 0 Å². The van der Waals surface area contributed by atoms with Crippen molar-refractivity contribution in [1.82, 2.24) is 10.2 Å². The predicted molar refractivity (Wildman–Crippen MR) is 90.9 cm³/mol. The van der Waals surface area contributed by atoms with Crippen molar-refractivity contribution in [1.29, 1.82) is 0 Å². The van der Waals surface area contributed by atoms with E-state index in [1.807, 2.05) is 45.2 Å². The molecule has 0 spiro atoms. The van der Waals surface area contributed by atoms with Crippen molar-refractivity contribution in [3.63, 3.8) is 0 Å². The molecule has 1 amide bonds. The number of hydrogen-bond acceptors (Lipinski definition) is 6. The summed E-state index contributed by atoms with van der Waals surface area (Å²) in [6.45, 7) is 5.92. The number of carbonyl (C=O) groups excluding carboxylic acids is 1. The molecule has 0 aliphatic rings. The van der Waals surface area contributed by atoms with E-state index in [2.05, 4.69) is 15.5 Å². The first kappa shape index (κ1) is 16.8. The molecule has 2 rings (SSSR count). The largest absolute Gasteiger partial charge is 0.480 e. The van der Waals surface area contributed by atoms with Crippen molar-refractivity contribution in [2.24, 2.45) is 0 Å². The van der Waals surface area contributed by atoms with Crippen LogP contribution < -0.4 is 10.1 Å². The Kier molecular flexibility index (Phi) is 5.79.